The van der Waals surface area contributed by atoms with Crippen LogP contribution in [0.1, 0.15) is 25.7 Å². The third kappa shape index (κ3) is 0.565. The van der Waals surface area contributed by atoms with Gasteiger partial charge < -0.3 is 5.11 Å². The molecule has 2 heteroatoms. The standard InChI is InChI=1S/C8H13NO/c10-8-2-1-7(9-8)6-3-5(6)4-8/h5-7,9-10H,1-4H2. The van der Waals surface area contributed by atoms with Crippen molar-refractivity contribution in [2.75, 3.05) is 0 Å². The van der Waals surface area contributed by atoms with E-state index in [0.29, 0.717) is 6.04 Å². The van der Waals surface area contributed by atoms with Crippen LogP contribution >= 0.6 is 0 Å². The number of rotatable bonds is 0. The maximum absolute atomic E-state index is 9.81. The number of aliphatic hydroxyl groups is 1. The number of fused-ring (bicyclic) bond motifs is 4. The van der Waals surface area contributed by atoms with Gasteiger partial charge in [-0.05, 0) is 37.5 Å². The predicted octanol–water partition coefficient (Wildman–Crippen LogP) is 0.467. The van der Waals surface area contributed by atoms with Gasteiger partial charge >= 0.3 is 0 Å². The van der Waals surface area contributed by atoms with Crippen molar-refractivity contribution < 1.29 is 5.11 Å². The summed E-state index contributed by atoms with van der Waals surface area (Å²) >= 11 is 0. The summed E-state index contributed by atoms with van der Waals surface area (Å²) in [6.45, 7) is 0. The molecule has 0 amide bonds. The lowest BCUT2D eigenvalue weighted by Crippen LogP contribution is -2.47. The third-order valence-corrected chi connectivity index (χ3v) is 3.42. The fourth-order valence-corrected chi connectivity index (χ4v) is 2.80. The summed E-state index contributed by atoms with van der Waals surface area (Å²) in [7, 11) is 0. The molecule has 2 nitrogen and oxygen atoms in total. The van der Waals surface area contributed by atoms with Crippen LogP contribution in [-0.4, -0.2) is 16.9 Å². The van der Waals surface area contributed by atoms with E-state index in [1.807, 2.05) is 0 Å². The molecule has 4 unspecified atom stereocenters. The smallest absolute Gasteiger partial charge is 0.116 e. The van der Waals surface area contributed by atoms with E-state index in [0.717, 1.165) is 24.7 Å². The van der Waals surface area contributed by atoms with E-state index in [2.05, 4.69) is 5.32 Å². The van der Waals surface area contributed by atoms with Gasteiger partial charge in [0.15, 0.2) is 0 Å². The van der Waals surface area contributed by atoms with Gasteiger partial charge in [-0.3, -0.25) is 5.32 Å². The Balaban J connectivity index is 1.93. The normalized spacial score (nSPS) is 63.9. The summed E-state index contributed by atoms with van der Waals surface area (Å²) in [5.74, 6) is 1.81. The fourth-order valence-electron chi connectivity index (χ4n) is 2.80. The van der Waals surface area contributed by atoms with Gasteiger partial charge in [-0.2, -0.15) is 0 Å². The Kier molecular flexibility index (Phi) is 0.783. The lowest BCUT2D eigenvalue weighted by atomic mass is 10.0. The molecule has 0 aromatic carbocycles. The molecule has 2 bridgehead atoms. The topological polar surface area (TPSA) is 32.3 Å². The van der Waals surface area contributed by atoms with Crippen LogP contribution in [0.5, 0.6) is 0 Å². The molecule has 1 aliphatic carbocycles. The SMILES string of the molecule is OC12CCC(N1)C1CC1C2. The average molecular weight is 139 g/mol. The van der Waals surface area contributed by atoms with Crippen LogP contribution < -0.4 is 5.32 Å². The Morgan fingerprint density at radius 3 is 3.30 bits per heavy atom. The van der Waals surface area contributed by atoms with Crippen molar-refractivity contribution in [3.05, 3.63) is 0 Å². The molecular weight excluding hydrogens is 126 g/mol. The van der Waals surface area contributed by atoms with Gasteiger partial charge in [-0.1, -0.05) is 0 Å². The quantitative estimate of drug-likeness (QED) is 0.511. The van der Waals surface area contributed by atoms with E-state index in [-0.39, 0.29) is 0 Å². The number of piperidine rings is 1. The van der Waals surface area contributed by atoms with E-state index in [9.17, 15) is 5.11 Å². The minimum atomic E-state index is -0.442. The highest BCUT2D eigenvalue weighted by Gasteiger charge is 2.56. The van der Waals surface area contributed by atoms with Crippen molar-refractivity contribution in [2.24, 2.45) is 11.8 Å². The van der Waals surface area contributed by atoms with Crippen LogP contribution in [-0.2, 0) is 0 Å². The van der Waals surface area contributed by atoms with Crippen LogP contribution in [0.15, 0.2) is 0 Å². The molecule has 2 aliphatic heterocycles. The molecule has 2 saturated heterocycles. The molecule has 4 atom stereocenters. The molecule has 2 N–H and O–H groups in total. The first-order chi connectivity index (χ1) is 4.77. The van der Waals surface area contributed by atoms with E-state index < -0.39 is 5.72 Å². The van der Waals surface area contributed by atoms with Crippen LogP contribution in [0.25, 0.3) is 0 Å². The van der Waals surface area contributed by atoms with Crippen LogP contribution in [0, 0.1) is 11.8 Å². The van der Waals surface area contributed by atoms with Crippen LogP contribution in [0.2, 0.25) is 0 Å². The summed E-state index contributed by atoms with van der Waals surface area (Å²) in [4.78, 5) is 0. The Bertz CT molecular complexity index is 178. The summed E-state index contributed by atoms with van der Waals surface area (Å²) < 4.78 is 0. The average Bonchev–Trinajstić information content (AvgIpc) is 2.53. The van der Waals surface area contributed by atoms with Crippen LogP contribution in [0.4, 0.5) is 0 Å². The fraction of sp³-hybridized carbons (Fsp3) is 1.00. The van der Waals surface area contributed by atoms with Crippen molar-refractivity contribution in [2.45, 2.75) is 37.5 Å². The first kappa shape index (κ1) is 5.56. The van der Waals surface area contributed by atoms with Crippen molar-refractivity contribution >= 4 is 0 Å². The zero-order valence-electron chi connectivity index (χ0n) is 6.01. The Morgan fingerprint density at radius 2 is 2.40 bits per heavy atom. The molecule has 3 fully saturated rings. The lowest BCUT2D eigenvalue weighted by Gasteiger charge is -2.28. The zero-order chi connectivity index (χ0) is 6.77. The minimum absolute atomic E-state index is 0.442. The molecule has 0 aromatic heterocycles. The Morgan fingerprint density at radius 1 is 1.50 bits per heavy atom. The second-order valence-electron chi connectivity index (χ2n) is 4.18. The van der Waals surface area contributed by atoms with Gasteiger partial charge in [0, 0.05) is 6.04 Å². The van der Waals surface area contributed by atoms with Gasteiger partial charge in [-0.15, -0.1) is 0 Å². The molecule has 3 rings (SSSR count). The number of hydrogen-bond donors (Lipinski definition) is 2. The molecule has 10 heavy (non-hydrogen) atoms. The van der Waals surface area contributed by atoms with Gasteiger partial charge in [0.25, 0.3) is 0 Å². The van der Waals surface area contributed by atoms with Crippen LogP contribution in [0.3, 0.4) is 0 Å². The van der Waals surface area contributed by atoms with E-state index >= 15 is 0 Å². The zero-order valence-corrected chi connectivity index (χ0v) is 6.01. The summed E-state index contributed by atoms with van der Waals surface area (Å²) in [6.07, 6.45) is 4.59. The lowest BCUT2D eigenvalue weighted by molar-refractivity contribution is -0.00626. The minimum Gasteiger partial charge on any atom is -0.376 e. The third-order valence-electron chi connectivity index (χ3n) is 3.42. The largest absolute Gasteiger partial charge is 0.376 e. The summed E-state index contributed by atoms with van der Waals surface area (Å²) in [6, 6.07) is 0.670. The van der Waals surface area contributed by atoms with E-state index in [4.69, 9.17) is 0 Å². The first-order valence-corrected chi connectivity index (χ1v) is 4.27. The van der Waals surface area contributed by atoms with E-state index in [1.54, 1.807) is 0 Å². The van der Waals surface area contributed by atoms with E-state index in [1.165, 1.54) is 12.8 Å². The highest BCUT2D eigenvalue weighted by molar-refractivity contribution is 5.09. The van der Waals surface area contributed by atoms with Crippen molar-refractivity contribution in [1.29, 1.82) is 0 Å². The summed E-state index contributed by atoms with van der Waals surface area (Å²) in [5.41, 5.74) is -0.442. The molecule has 1 saturated carbocycles. The predicted molar refractivity (Wildman–Crippen MR) is 37.3 cm³/mol. The Labute approximate surface area is 60.6 Å². The van der Waals surface area contributed by atoms with Gasteiger partial charge in [0.1, 0.15) is 5.72 Å². The number of nitrogens with one attached hydrogen (secondary N) is 1. The van der Waals surface area contributed by atoms with Crippen molar-refractivity contribution in [3.8, 4) is 0 Å². The Hall–Kier alpha value is -0.0800. The second-order valence-corrected chi connectivity index (χ2v) is 4.18. The molecule has 0 radical (unpaired) electrons. The molecule has 56 valence electrons. The highest BCUT2D eigenvalue weighted by Crippen LogP contribution is 2.54. The maximum atomic E-state index is 9.81. The summed E-state index contributed by atoms with van der Waals surface area (Å²) in [5, 5.41) is 13.1. The van der Waals surface area contributed by atoms with Gasteiger partial charge in [-0.25, -0.2) is 0 Å². The van der Waals surface area contributed by atoms with Gasteiger partial charge in [0.2, 0.25) is 0 Å². The second kappa shape index (κ2) is 1.41. The van der Waals surface area contributed by atoms with Gasteiger partial charge in [0.05, 0.1) is 0 Å². The number of hydrogen-bond acceptors (Lipinski definition) is 2. The molecular formula is C8H13NO. The molecule has 0 spiro atoms. The maximum Gasteiger partial charge on any atom is 0.116 e. The first-order valence-electron chi connectivity index (χ1n) is 4.27. The molecule has 3 aliphatic rings. The molecule has 2 heterocycles. The monoisotopic (exact) mass is 139 g/mol. The molecule has 0 aromatic rings. The van der Waals surface area contributed by atoms with Crippen molar-refractivity contribution in [1.82, 2.24) is 5.32 Å². The van der Waals surface area contributed by atoms with Crippen molar-refractivity contribution in [3.63, 3.8) is 0 Å². The highest BCUT2D eigenvalue weighted by atomic mass is 16.3.